The molecule has 0 saturated heterocycles. The molecule has 3 heteroatoms. The van der Waals surface area contributed by atoms with Gasteiger partial charge in [-0.15, -0.1) is 0 Å². The first-order valence-electron chi connectivity index (χ1n) is 13.0. The van der Waals surface area contributed by atoms with Crippen LogP contribution in [-0.4, -0.2) is 9.78 Å². The van der Waals surface area contributed by atoms with E-state index in [1.807, 2.05) is 16.5 Å². The molecule has 4 aliphatic carbocycles. The van der Waals surface area contributed by atoms with Gasteiger partial charge in [0.15, 0.2) is 0 Å². The van der Waals surface area contributed by atoms with Crippen molar-refractivity contribution in [2.45, 2.75) is 92.0 Å². The average Bonchev–Trinajstić information content (AvgIpc) is 3.31. The minimum atomic E-state index is 0.474. The summed E-state index contributed by atoms with van der Waals surface area (Å²) in [5.41, 5.74) is 3.46. The van der Waals surface area contributed by atoms with Crippen LogP contribution in [0.4, 0.5) is 0 Å². The molecule has 1 heterocycles. The van der Waals surface area contributed by atoms with Crippen molar-refractivity contribution in [3.05, 3.63) is 29.6 Å². The molecule has 1 aromatic heterocycles. The lowest BCUT2D eigenvalue weighted by molar-refractivity contribution is -0.0469. The van der Waals surface area contributed by atoms with Gasteiger partial charge in [0.2, 0.25) is 0 Å². The second kappa shape index (κ2) is 7.79. The minimum Gasteiger partial charge on any atom is -0.271 e. The number of aromatic nitrogens is 2. The van der Waals surface area contributed by atoms with Crippen molar-refractivity contribution in [2.24, 2.45) is 46.3 Å². The number of hydrogen-bond acceptors (Lipinski definition) is 2. The summed E-state index contributed by atoms with van der Waals surface area (Å²) in [5.74, 6) is 4.99. The third kappa shape index (κ3) is 3.40. The summed E-state index contributed by atoms with van der Waals surface area (Å²) in [7, 11) is 0. The highest BCUT2D eigenvalue weighted by Gasteiger charge is 2.58. The quantitative estimate of drug-likeness (QED) is 0.495. The topological polar surface area (TPSA) is 41.6 Å². The Morgan fingerprint density at radius 1 is 1.16 bits per heavy atom. The van der Waals surface area contributed by atoms with Gasteiger partial charge in [-0.3, -0.25) is 4.68 Å². The molecule has 0 aromatic carbocycles. The van der Waals surface area contributed by atoms with Crippen molar-refractivity contribution in [3.8, 4) is 6.07 Å². The van der Waals surface area contributed by atoms with E-state index < -0.39 is 0 Å². The van der Waals surface area contributed by atoms with Crippen molar-refractivity contribution >= 4 is 0 Å². The Hall–Kier alpha value is -1.56. The van der Waals surface area contributed by atoms with Gasteiger partial charge in [-0.1, -0.05) is 39.3 Å². The molecule has 0 amide bonds. The fraction of sp³-hybridized carbons (Fsp3) is 0.786. The highest BCUT2D eigenvalue weighted by molar-refractivity contribution is 5.24. The van der Waals surface area contributed by atoms with Crippen LogP contribution in [0.3, 0.4) is 0 Å². The number of rotatable bonds is 3. The van der Waals surface area contributed by atoms with E-state index >= 15 is 0 Å². The maximum Gasteiger partial charge on any atom is 0.102 e. The normalized spacial score (nSPS) is 43.1. The minimum absolute atomic E-state index is 0.474. The number of allylic oxidation sites excluding steroid dienone is 2. The predicted octanol–water partition coefficient (Wildman–Crippen LogP) is 7.00. The zero-order valence-corrected chi connectivity index (χ0v) is 20.1. The van der Waals surface area contributed by atoms with Crippen LogP contribution in [-0.2, 0) is 6.54 Å². The molecule has 0 N–H and O–H groups in total. The van der Waals surface area contributed by atoms with Gasteiger partial charge < -0.3 is 0 Å². The van der Waals surface area contributed by atoms with Gasteiger partial charge in [0.25, 0.3) is 0 Å². The number of nitrogens with zero attached hydrogens (tertiary/aromatic N) is 3. The predicted molar refractivity (Wildman–Crippen MR) is 125 cm³/mol. The monoisotopic (exact) mass is 419 g/mol. The molecule has 0 radical (unpaired) electrons. The van der Waals surface area contributed by atoms with Gasteiger partial charge in [0, 0.05) is 12.7 Å². The van der Waals surface area contributed by atoms with Gasteiger partial charge in [-0.05, 0) is 104 Å². The fourth-order valence-electron chi connectivity index (χ4n) is 8.90. The third-order valence-electron chi connectivity index (χ3n) is 10.7. The maximum absolute atomic E-state index is 9.13. The summed E-state index contributed by atoms with van der Waals surface area (Å²) >= 11 is 0. The van der Waals surface area contributed by atoms with Gasteiger partial charge in [-0.25, -0.2) is 0 Å². The van der Waals surface area contributed by atoms with Crippen molar-refractivity contribution in [3.63, 3.8) is 0 Å². The summed E-state index contributed by atoms with van der Waals surface area (Å²) in [6, 6.07) is 2.22. The van der Waals surface area contributed by atoms with E-state index in [9.17, 15) is 0 Å². The van der Waals surface area contributed by atoms with Crippen LogP contribution in [0.25, 0.3) is 0 Å². The number of nitriles is 1. The van der Waals surface area contributed by atoms with Crippen LogP contribution >= 0.6 is 0 Å². The van der Waals surface area contributed by atoms with Crippen LogP contribution in [0.5, 0.6) is 0 Å². The lowest BCUT2D eigenvalue weighted by Gasteiger charge is -2.57. The lowest BCUT2D eigenvalue weighted by Crippen LogP contribution is -2.49. The molecule has 3 nitrogen and oxygen atoms in total. The first-order chi connectivity index (χ1) is 14.8. The van der Waals surface area contributed by atoms with Gasteiger partial charge in [0.1, 0.15) is 6.07 Å². The van der Waals surface area contributed by atoms with Crippen molar-refractivity contribution in [1.29, 1.82) is 5.26 Å². The van der Waals surface area contributed by atoms with Crippen LogP contribution in [0, 0.1) is 57.7 Å². The van der Waals surface area contributed by atoms with E-state index in [1.165, 1.54) is 57.8 Å². The summed E-state index contributed by atoms with van der Waals surface area (Å²) in [5, 5.41) is 13.6. The van der Waals surface area contributed by atoms with E-state index in [0.717, 1.165) is 36.1 Å². The standard InChI is InChI=1S/C28H41N3/c1-19-5-6-22-7-8-23-25-10-9-24(20(2)17-31-18-21(15-29)16-30-31)28(25,4)14-12-26(23)27(22,3)13-11-19/h7,16,18-20,23-26H,5-6,8-14,17H2,1-4H3/t19-,20+,23+,24?,25+,26+,27+,28-/m1/s1. The zero-order valence-electron chi connectivity index (χ0n) is 20.1. The third-order valence-corrected chi connectivity index (χ3v) is 10.7. The first-order valence-corrected chi connectivity index (χ1v) is 13.0. The second-order valence-corrected chi connectivity index (χ2v) is 12.2. The molecule has 0 spiro atoms. The van der Waals surface area contributed by atoms with Gasteiger partial charge >= 0.3 is 0 Å². The molecule has 31 heavy (non-hydrogen) atoms. The molecule has 4 aliphatic rings. The number of hydrogen-bond donors (Lipinski definition) is 0. The Kier molecular flexibility index (Phi) is 5.35. The van der Waals surface area contributed by atoms with Crippen LogP contribution in [0.15, 0.2) is 24.0 Å². The molecular formula is C28H41N3. The van der Waals surface area contributed by atoms with Crippen LogP contribution in [0.2, 0.25) is 0 Å². The molecule has 1 unspecified atom stereocenters. The molecule has 5 rings (SSSR count). The van der Waals surface area contributed by atoms with E-state index in [-0.39, 0.29) is 0 Å². The Bertz CT molecular complexity index is 890. The van der Waals surface area contributed by atoms with Crippen molar-refractivity contribution < 1.29 is 0 Å². The molecule has 168 valence electrons. The van der Waals surface area contributed by atoms with Crippen molar-refractivity contribution in [1.82, 2.24) is 9.78 Å². The fourth-order valence-corrected chi connectivity index (χ4v) is 8.90. The molecule has 0 aliphatic heterocycles. The van der Waals surface area contributed by atoms with Gasteiger partial charge in [0.05, 0.1) is 11.8 Å². The highest BCUT2D eigenvalue weighted by atomic mass is 15.3. The first kappa shape index (κ1) is 21.3. The Morgan fingerprint density at radius 2 is 2.00 bits per heavy atom. The summed E-state index contributed by atoms with van der Waals surface area (Å²) in [4.78, 5) is 0. The molecule has 0 bridgehead atoms. The maximum atomic E-state index is 9.13. The summed E-state index contributed by atoms with van der Waals surface area (Å²) in [6.07, 6.45) is 18.9. The summed E-state index contributed by atoms with van der Waals surface area (Å²) < 4.78 is 2.01. The molecule has 3 fully saturated rings. The zero-order chi connectivity index (χ0) is 21.8. The average molecular weight is 420 g/mol. The molecule has 3 saturated carbocycles. The van der Waals surface area contributed by atoms with Crippen LogP contribution in [0.1, 0.15) is 91.0 Å². The van der Waals surface area contributed by atoms with E-state index in [4.69, 9.17) is 5.26 Å². The lowest BCUT2D eigenvalue weighted by atomic mass is 9.48. The van der Waals surface area contributed by atoms with E-state index in [1.54, 1.807) is 6.20 Å². The molecule has 8 atom stereocenters. The Morgan fingerprint density at radius 3 is 2.77 bits per heavy atom. The second-order valence-electron chi connectivity index (χ2n) is 12.2. The van der Waals surface area contributed by atoms with E-state index in [2.05, 4.69) is 44.9 Å². The van der Waals surface area contributed by atoms with Crippen LogP contribution < -0.4 is 0 Å². The number of fused-ring (bicyclic) bond motifs is 5. The summed E-state index contributed by atoms with van der Waals surface area (Å²) in [6.45, 7) is 11.1. The molecule has 1 aromatic rings. The highest BCUT2D eigenvalue weighted by Crippen LogP contribution is 2.67. The van der Waals surface area contributed by atoms with E-state index in [0.29, 0.717) is 22.3 Å². The molecular weight excluding hydrogens is 378 g/mol. The van der Waals surface area contributed by atoms with Crippen molar-refractivity contribution in [2.75, 3.05) is 0 Å². The largest absolute Gasteiger partial charge is 0.271 e. The smallest absolute Gasteiger partial charge is 0.102 e. The Balaban J connectivity index is 1.35. The SMILES string of the molecule is C[C@@H]1CCC2=CC[C@@H]3[C@H](CC[C@]4(C)C([C@@H](C)Cn5cc(C#N)cn5)CC[C@@H]34)[C@@]2(C)CC1. The Labute approximate surface area is 189 Å². The van der Waals surface area contributed by atoms with Gasteiger partial charge in [-0.2, -0.15) is 10.4 Å².